The maximum atomic E-state index is 11.6. The Hall–Kier alpha value is -2.94. The predicted octanol–water partition coefficient (Wildman–Crippen LogP) is 1.12. The molecule has 2 fully saturated rings. The molecule has 0 unspecified atom stereocenters. The van der Waals surface area contributed by atoms with Crippen LogP contribution in [0.3, 0.4) is 0 Å². The fourth-order valence-corrected chi connectivity index (χ4v) is 3.77. The number of fused-ring (bicyclic) bond motifs is 2. The van der Waals surface area contributed by atoms with Gasteiger partial charge in [-0.3, -0.25) is 0 Å². The van der Waals surface area contributed by atoms with Crippen LogP contribution in [0, 0.1) is 11.3 Å². The summed E-state index contributed by atoms with van der Waals surface area (Å²) in [4.78, 5) is 15.6. The summed E-state index contributed by atoms with van der Waals surface area (Å²) in [7, 11) is 0. The molecule has 2 saturated heterocycles. The molecule has 2 aliphatic rings. The standard InChI is InChI=1S/C18H21N5O6/c1-4-25-16(24)26-7-11-13-14(29-17(2,3)28-13)18(8-19,27-11)12-6-5-10-15(20)21-9-22-23(10)12/h5-6,9,11,13-14H,4,7H2,1-3H3,(H2,20,21,22)/t11-,13-,14-,18+/m1/s1. The maximum Gasteiger partial charge on any atom is 0.508 e. The van der Waals surface area contributed by atoms with Gasteiger partial charge < -0.3 is 29.4 Å². The van der Waals surface area contributed by atoms with Gasteiger partial charge in [0.1, 0.15) is 42.8 Å². The van der Waals surface area contributed by atoms with Gasteiger partial charge in [-0.1, -0.05) is 0 Å². The predicted molar refractivity (Wildman–Crippen MR) is 96.4 cm³/mol. The number of hydrogen-bond donors (Lipinski definition) is 1. The van der Waals surface area contributed by atoms with Gasteiger partial charge in [-0.25, -0.2) is 14.3 Å². The largest absolute Gasteiger partial charge is 0.508 e. The van der Waals surface area contributed by atoms with E-state index in [1.54, 1.807) is 32.9 Å². The number of aromatic nitrogens is 3. The average molecular weight is 403 g/mol. The molecule has 4 atom stereocenters. The molecule has 29 heavy (non-hydrogen) atoms. The van der Waals surface area contributed by atoms with Gasteiger partial charge in [-0.05, 0) is 32.9 Å². The second kappa shape index (κ2) is 6.84. The van der Waals surface area contributed by atoms with Crippen molar-refractivity contribution in [3.63, 3.8) is 0 Å². The van der Waals surface area contributed by atoms with E-state index < -0.39 is 35.9 Å². The monoisotopic (exact) mass is 403 g/mol. The topological polar surface area (TPSA) is 143 Å². The molecule has 2 N–H and O–H groups in total. The molecule has 0 amide bonds. The van der Waals surface area contributed by atoms with Crippen molar-refractivity contribution in [2.45, 2.75) is 50.5 Å². The van der Waals surface area contributed by atoms with Gasteiger partial charge >= 0.3 is 6.16 Å². The van der Waals surface area contributed by atoms with E-state index in [0.717, 1.165) is 0 Å². The average Bonchev–Trinajstić information content (AvgIpc) is 3.32. The summed E-state index contributed by atoms with van der Waals surface area (Å²) in [5, 5.41) is 14.4. The van der Waals surface area contributed by atoms with Crippen molar-refractivity contribution in [1.29, 1.82) is 5.26 Å². The van der Waals surface area contributed by atoms with Gasteiger partial charge in [0.15, 0.2) is 11.6 Å². The van der Waals surface area contributed by atoms with Gasteiger partial charge in [0.05, 0.1) is 12.3 Å². The smallest absolute Gasteiger partial charge is 0.435 e. The van der Waals surface area contributed by atoms with Crippen molar-refractivity contribution in [2.75, 3.05) is 18.9 Å². The molecule has 4 rings (SSSR count). The van der Waals surface area contributed by atoms with E-state index in [4.69, 9.17) is 29.4 Å². The van der Waals surface area contributed by atoms with Crippen LogP contribution in [-0.2, 0) is 29.3 Å². The Morgan fingerprint density at radius 3 is 2.86 bits per heavy atom. The van der Waals surface area contributed by atoms with Crippen molar-refractivity contribution >= 4 is 17.5 Å². The SMILES string of the molecule is CCOC(=O)OC[C@H]1O[C@@](C#N)(c2ccc3c(N)ncnn23)[C@@H]2OC(C)(C)O[C@@H]21. The molecular weight excluding hydrogens is 382 g/mol. The van der Waals surface area contributed by atoms with Crippen LogP contribution >= 0.6 is 0 Å². The lowest BCUT2D eigenvalue weighted by Gasteiger charge is -2.28. The number of hydrogen-bond acceptors (Lipinski definition) is 10. The van der Waals surface area contributed by atoms with Crippen LogP contribution in [0.2, 0.25) is 0 Å². The van der Waals surface area contributed by atoms with Gasteiger partial charge in [0.2, 0.25) is 5.60 Å². The fraction of sp³-hybridized carbons (Fsp3) is 0.556. The molecule has 2 aliphatic heterocycles. The second-order valence-electron chi connectivity index (χ2n) is 7.18. The summed E-state index contributed by atoms with van der Waals surface area (Å²) in [6.07, 6.45) is -1.72. The third-order valence-corrected chi connectivity index (χ3v) is 4.89. The van der Waals surface area contributed by atoms with Gasteiger partial charge in [-0.15, -0.1) is 0 Å². The minimum atomic E-state index is -1.56. The molecule has 0 aromatic carbocycles. The van der Waals surface area contributed by atoms with Crippen molar-refractivity contribution in [2.24, 2.45) is 0 Å². The number of nitrogens with zero attached hydrogens (tertiary/aromatic N) is 4. The number of ether oxygens (including phenoxy) is 5. The van der Waals surface area contributed by atoms with E-state index in [0.29, 0.717) is 11.2 Å². The van der Waals surface area contributed by atoms with Crippen molar-refractivity contribution in [3.05, 3.63) is 24.2 Å². The Bertz CT molecular complexity index is 985. The summed E-state index contributed by atoms with van der Waals surface area (Å²) in [5.41, 5.74) is 5.30. The number of carbonyl (C=O) groups is 1. The number of carbonyl (C=O) groups excluding carboxylic acids is 1. The van der Waals surface area contributed by atoms with Crippen LogP contribution in [-0.4, -0.2) is 58.1 Å². The van der Waals surface area contributed by atoms with Crippen LogP contribution < -0.4 is 5.73 Å². The zero-order chi connectivity index (χ0) is 20.8. The molecule has 11 nitrogen and oxygen atoms in total. The summed E-state index contributed by atoms with van der Waals surface area (Å²) < 4.78 is 29.5. The Morgan fingerprint density at radius 1 is 1.34 bits per heavy atom. The van der Waals surface area contributed by atoms with Gasteiger partial charge in [0.25, 0.3) is 0 Å². The number of anilines is 1. The lowest BCUT2D eigenvalue weighted by Crippen LogP contribution is -2.40. The molecule has 2 aromatic rings. The summed E-state index contributed by atoms with van der Waals surface area (Å²) in [5.74, 6) is -0.690. The van der Waals surface area contributed by atoms with E-state index in [-0.39, 0.29) is 19.0 Å². The number of nitrogens with two attached hydrogens (primary N) is 1. The highest BCUT2D eigenvalue weighted by atomic mass is 16.8. The van der Waals surface area contributed by atoms with Crippen molar-refractivity contribution < 1.29 is 28.5 Å². The zero-order valence-electron chi connectivity index (χ0n) is 16.2. The van der Waals surface area contributed by atoms with E-state index in [1.807, 2.05) is 0 Å². The van der Waals surface area contributed by atoms with E-state index in [9.17, 15) is 10.1 Å². The van der Waals surface area contributed by atoms with Gasteiger partial charge in [-0.2, -0.15) is 10.4 Å². The number of nitriles is 1. The maximum absolute atomic E-state index is 11.6. The van der Waals surface area contributed by atoms with Gasteiger partial charge in [0, 0.05) is 0 Å². The molecule has 0 saturated carbocycles. The molecule has 0 spiro atoms. The highest BCUT2D eigenvalue weighted by Gasteiger charge is 2.65. The Kier molecular flexibility index (Phi) is 4.57. The van der Waals surface area contributed by atoms with Crippen molar-refractivity contribution in [3.8, 4) is 6.07 Å². The van der Waals surface area contributed by atoms with Crippen LogP contribution in [0.25, 0.3) is 5.52 Å². The Balaban J connectivity index is 1.73. The molecule has 0 radical (unpaired) electrons. The summed E-state index contributed by atoms with van der Waals surface area (Å²) in [6.45, 7) is 5.18. The highest BCUT2D eigenvalue weighted by Crippen LogP contribution is 2.49. The van der Waals surface area contributed by atoms with Crippen LogP contribution in [0.15, 0.2) is 18.5 Å². The fourth-order valence-electron chi connectivity index (χ4n) is 3.77. The summed E-state index contributed by atoms with van der Waals surface area (Å²) >= 11 is 0. The van der Waals surface area contributed by atoms with Crippen LogP contribution in [0.5, 0.6) is 0 Å². The normalized spacial score (nSPS) is 30.1. The third-order valence-electron chi connectivity index (χ3n) is 4.89. The lowest BCUT2D eigenvalue weighted by atomic mass is 9.92. The minimum Gasteiger partial charge on any atom is -0.435 e. The molecule has 0 bridgehead atoms. The summed E-state index contributed by atoms with van der Waals surface area (Å²) in [6, 6.07) is 5.61. The van der Waals surface area contributed by atoms with E-state index >= 15 is 0 Å². The molecule has 11 heteroatoms. The first-order chi connectivity index (χ1) is 13.8. The molecule has 154 valence electrons. The minimum absolute atomic E-state index is 0.163. The third kappa shape index (κ3) is 3.05. The Morgan fingerprint density at radius 2 is 2.14 bits per heavy atom. The van der Waals surface area contributed by atoms with E-state index in [1.165, 1.54) is 10.8 Å². The molecular formula is C18H21N5O6. The van der Waals surface area contributed by atoms with Crippen LogP contribution in [0.4, 0.5) is 10.6 Å². The highest BCUT2D eigenvalue weighted by molar-refractivity contribution is 5.66. The Labute approximate surface area is 166 Å². The zero-order valence-corrected chi connectivity index (χ0v) is 16.2. The van der Waals surface area contributed by atoms with Crippen molar-refractivity contribution in [1.82, 2.24) is 14.6 Å². The van der Waals surface area contributed by atoms with Crippen LogP contribution in [0.1, 0.15) is 26.5 Å². The first kappa shape index (κ1) is 19.4. The molecule has 2 aromatic heterocycles. The van der Waals surface area contributed by atoms with E-state index in [2.05, 4.69) is 16.2 Å². The quantitative estimate of drug-likeness (QED) is 0.738. The number of rotatable bonds is 4. The second-order valence-corrected chi connectivity index (χ2v) is 7.18. The number of nitrogen functional groups attached to an aromatic ring is 1. The first-order valence-corrected chi connectivity index (χ1v) is 9.14. The lowest BCUT2D eigenvalue weighted by molar-refractivity contribution is -0.205. The molecule has 0 aliphatic carbocycles. The first-order valence-electron chi connectivity index (χ1n) is 9.14. The molecule has 4 heterocycles.